The van der Waals surface area contributed by atoms with Gasteiger partial charge in [-0.25, -0.2) is 0 Å². The Kier molecular flexibility index (Phi) is 19.4. The molecule has 6 nitrogen and oxygen atoms in total. The molecule has 0 unspecified atom stereocenters. The van der Waals surface area contributed by atoms with E-state index in [1.54, 1.807) is 91.8 Å². The molecular formula is C24H38O6S7Si2. The Hall–Kier alpha value is 1.08. The first kappa shape index (κ1) is 36.3. The van der Waals surface area contributed by atoms with Crippen LogP contribution in [0, 0.1) is 0 Å². The summed E-state index contributed by atoms with van der Waals surface area (Å²) in [5.74, 6) is 0. The molecule has 2 aromatic rings. The molecule has 0 aromatic heterocycles. The van der Waals surface area contributed by atoms with Crippen molar-refractivity contribution >= 4 is 88.3 Å². The first-order chi connectivity index (χ1) is 19.0. The van der Waals surface area contributed by atoms with Crippen LogP contribution >= 0.6 is 70.7 Å². The minimum absolute atomic E-state index is 0.803. The molecule has 0 saturated carbocycles. The quantitative estimate of drug-likeness (QED) is 0.0666. The zero-order valence-corrected chi connectivity index (χ0v) is 30.9. The summed E-state index contributed by atoms with van der Waals surface area (Å²) in [5.41, 5.74) is 2.70. The second-order valence-electron chi connectivity index (χ2n) is 8.02. The van der Waals surface area contributed by atoms with Crippen LogP contribution in [0.15, 0.2) is 58.3 Å². The molecule has 39 heavy (non-hydrogen) atoms. The Morgan fingerprint density at radius 3 is 1.18 bits per heavy atom. The van der Waals surface area contributed by atoms with Crippen LogP contribution in [0.4, 0.5) is 0 Å². The van der Waals surface area contributed by atoms with Crippen LogP contribution in [0.5, 0.6) is 0 Å². The van der Waals surface area contributed by atoms with Crippen molar-refractivity contribution in [3.63, 3.8) is 0 Å². The average molecular weight is 703 g/mol. The summed E-state index contributed by atoms with van der Waals surface area (Å²) in [4.78, 5) is 2.61. The number of hydrogen-bond acceptors (Lipinski definition) is 13. The van der Waals surface area contributed by atoms with Gasteiger partial charge < -0.3 is 26.6 Å². The van der Waals surface area contributed by atoms with Crippen molar-refractivity contribution < 1.29 is 26.6 Å². The van der Waals surface area contributed by atoms with Gasteiger partial charge in [0.25, 0.3) is 0 Å². The molecule has 2 rings (SSSR count). The van der Waals surface area contributed by atoms with E-state index in [0.717, 1.165) is 37.8 Å². The maximum atomic E-state index is 5.55. The molecule has 0 spiro atoms. The van der Waals surface area contributed by atoms with Gasteiger partial charge in [0.2, 0.25) is 0 Å². The van der Waals surface area contributed by atoms with Crippen LogP contribution in [0.2, 0.25) is 12.1 Å². The van der Waals surface area contributed by atoms with Crippen LogP contribution in [-0.2, 0) is 39.4 Å². The minimum atomic E-state index is -2.52. The highest BCUT2D eigenvalue weighted by Gasteiger charge is 2.37. The lowest BCUT2D eigenvalue weighted by Gasteiger charge is -2.24. The van der Waals surface area contributed by atoms with Gasteiger partial charge in [-0.05, 0) is 120 Å². The molecule has 0 aliphatic rings. The van der Waals surface area contributed by atoms with Gasteiger partial charge >= 0.3 is 17.6 Å². The third kappa shape index (κ3) is 12.7. The molecule has 0 radical (unpaired) electrons. The average Bonchev–Trinajstić information content (AvgIpc) is 2.99. The second-order valence-corrected chi connectivity index (χ2v) is 25.3. The molecule has 0 saturated heterocycles. The molecule has 0 bridgehead atoms. The molecule has 0 amide bonds. The van der Waals surface area contributed by atoms with Gasteiger partial charge in [0.1, 0.15) is 0 Å². The first-order valence-electron chi connectivity index (χ1n) is 12.2. The molecule has 2 aromatic carbocycles. The lowest BCUT2D eigenvalue weighted by molar-refractivity contribution is 0.122. The predicted octanol–water partition coefficient (Wildman–Crippen LogP) is 9.35. The normalized spacial score (nSPS) is 12.3. The predicted molar refractivity (Wildman–Crippen MR) is 182 cm³/mol. The second kappa shape index (κ2) is 20.9. The fraction of sp³-hybridized carbons (Fsp3) is 0.500. The van der Waals surface area contributed by atoms with Crippen molar-refractivity contribution in [3.05, 3.63) is 59.7 Å². The van der Waals surface area contributed by atoms with Crippen LogP contribution in [0.1, 0.15) is 24.0 Å². The van der Waals surface area contributed by atoms with Gasteiger partial charge in [-0.1, -0.05) is 36.4 Å². The lowest BCUT2D eigenvalue weighted by atomic mass is 10.1. The smallest absolute Gasteiger partial charge is 0.377 e. The summed E-state index contributed by atoms with van der Waals surface area (Å²) in [6, 6.07) is 18.8. The third-order valence-corrected chi connectivity index (χ3v) is 24.6. The van der Waals surface area contributed by atoms with Crippen molar-refractivity contribution in [2.45, 2.75) is 47.6 Å². The van der Waals surface area contributed by atoms with E-state index < -0.39 is 17.6 Å². The Labute approximate surface area is 262 Å². The van der Waals surface area contributed by atoms with Crippen molar-refractivity contribution in [2.75, 3.05) is 42.7 Å². The number of benzene rings is 2. The Bertz CT molecular complexity index is 851. The van der Waals surface area contributed by atoms with Crippen LogP contribution in [-0.4, -0.2) is 60.3 Å². The van der Waals surface area contributed by atoms with E-state index in [0.29, 0.717) is 0 Å². The Morgan fingerprint density at radius 2 is 0.821 bits per heavy atom. The molecular weight excluding hydrogens is 665 g/mol. The van der Waals surface area contributed by atoms with E-state index in [1.165, 1.54) is 20.9 Å². The highest BCUT2D eigenvalue weighted by atomic mass is 33.9. The highest BCUT2D eigenvalue weighted by Crippen LogP contribution is 2.57. The van der Waals surface area contributed by atoms with Crippen molar-refractivity contribution in [1.82, 2.24) is 0 Å². The van der Waals surface area contributed by atoms with Crippen molar-refractivity contribution in [2.24, 2.45) is 0 Å². The van der Waals surface area contributed by atoms with Gasteiger partial charge in [0.05, 0.1) is 0 Å². The molecule has 0 aliphatic heterocycles. The summed E-state index contributed by atoms with van der Waals surface area (Å²) in [5, 5.41) is 0. The standard InChI is InChI=1S/C24H38O6S7Si2/c1-25-38(26-2,27-3)19-11-15-21-13-7-9-17-23(21)31-33-35-37-36-34-32-24-18-10-8-14-22(24)16-12-20-39(28-4,29-5)30-6/h7-10,13-14,17-18H,11-12,15-16,19-20H2,1-6H3. The van der Waals surface area contributed by atoms with Gasteiger partial charge in [0, 0.05) is 64.5 Å². The van der Waals surface area contributed by atoms with Crippen LogP contribution < -0.4 is 0 Å². The van der Waals surface area contributed by atoms with Gasteiger partial charge in [0.15, 0.2) is 0 Å². The summed E-state index contributed by atoms with van der Waals surface area (Å²) in [6.07, 6.45) is 3.87. The largest absolute Gasteiger partial charge is 0.500 e. The molecule has 15 heteroatoms. The SMILES string of the molecule is CO[Si](CCCc1ccccc1SSSSSSSc1ccccc1CCC[Si](OC)(OC)OC)(OC)OC. The minimum Gasteiger partial charge on any atom is -0.377 e. The Morgan fingerprint density at radius 1 is 0.487 bits per heavy atom. The maximum Gasteiger partial charge on any atom is 0.500 e. The molecule has 0 heterocycles. The summed E-state index contributed by atoms with van der Waals surface area (Å²) in [6.45, 7) is 0. The number of hydrogen-bond donors (Lipinski definition) is 0. The van der Waals surface area contributed by atoms with E-state index in [2.05, 4.69) is 48.5 Å². The number of rotatable bonds is 22. The van der Waals surface area contributed by atoms with Crippen LogP contribution in [0.25, 0.3) is 0 Å². The van der Waals surface area contributed by atoms with E-state index in [9.17, 15) is 0 Å². The first-order valence-corrected chi connectivity index (χ1v) is 24.8. The monoisotopic (exact) mass is 702 g/mol. The van der Waals surface area contributed by atoms with Gasteiger partial charge in [-0.3, -0.25) is 0 Å². The molecule has 0 N–H and O–H groups in total. The van der Waals surface area contributed by atoms with E-state index in [-0.39, 0.29) is 0 Å². The Balaban J connectivity index is 1.70. The summed E-state index contributed by atoms with van der Waals surface area (Å²) < 4.78 is 33.3. The molecule has 220 valence electrons. The maximum absolute atomic E-state index is 5.55. The highest BCUT2D eigenvalue weighted by molar-refractivity contribution is 9.46. The van der Waals surface area contributed by atoms with E-state index in [1.807, 2.05) is 21.6 Å². The van der Waals surface area contributed by atoms with Crippen molar-refractivity contribution in [3.8, 4) is 0 Å². The summed E-state index contributed by atoms with van der Waals surface area (Å²) in [7, 11) is 17.6. The number of aryl methyl sites for hydroxylation is 2. The van der Waals surface area contributed by atoms with Crippen LogP contribution in [0.3, 0.4) is 0 Å². The molecule has 0 fully saturated rings. The van der Waals surface area contributed by atoms with E-state index >= 15 is 0 Å². The van der Waals surface area contributed by atoms with Gasteiger partial charge in [-0.2, -0.15) is 0 Å². The zero-order valence-electron chi connectivity index (χ0n) is 23.2. The fourth-order valence-corrected chi connectivity index (χ4v) is 21.4. The molecule has 0 atom stereocenters. The third-order valence-electron chi connectivity index (χ3n) is 6.03. The van der Waals surface area contributed by atoms with Gasteiger partial charge in [-0.15, -0.1) is 0 Å². The summed E-state index contributed by atoms with van der Waals surface area (Å²) >= 11 is 0. The fourth-order valence-electron chi connectivity index (χ4n) is 3.82. The molecule has 0 aliphatic carbocycles. The topological polar surface area (TPSA) is 55.4 Å². The lowest BCUT2D eigenvalue weighted by Crippen LogP contribution is -2.42. The van der Waals surface area contributed by atoms with Crippen molar-refractivity contribution in [1.29, 1.82) is 0 Å². The zero-order chi connectivity index (χ0) is 28.4. The van der Waals surface area contributed by atoms with E-state index in [4.69, 9.17) is 26.6 Å².